The fourth-order valence-corrected chi connectivity index (χ4v) is 3.96. The van der Waals surface area contributed by atoms with Gasteiger partial charge in [0, 0.05) is 13.1 Å². The van der Waals surface area contributed by atoms with Crippen LogP contribution in [0.1, 0.15) is 6.92 Å². The molecule has 0 saturated carbocycles. The summed E-state index contributed by atoms with van der Waals surface area (Å²) in [5, 5.41) is 2.63. The SMILES string of the molecule is CC#CCn1c(=O)n(-c2ccc(OC)cc2)c2nc(Cl)nc(N3CCNCC3OC(=O)C(F)(F)F)c21. The number of carbonyl (C=O) groups excluding carboxylic acids is 1. The highest BCUT2D eigenvalue weighted by atomic mass is 35.5. The summed E-state index contributed by atoms with van der Waals surface area (Å²) in [5.41, 5.74) is 0.209. The molecule has 4 rings (SSSR count). The number of aromatic nitrogens is 4. The van der Waals surface area contributed by atoms with Crippen LogP contribution < -0.4 is 20.6 Å². The molecule has 0 spiro atoms. The number of benzene rings is 1. The molecule has 14 heteroatoms. The number of rotatable bonds is 5. The van der Waals surface area contributed by atoms with Gasteiger partial charge in [-0.1, -0.05) is 5.92 Å². The van der Waals surface area contributed by atoms with E-state index in [1.54, 1.807) is 31.2 Å². The molecule has 190 valence electrons. The van der Waals surface area contributed by atoms with Gasteiger partial charge < -0.3 is 19.7 Å². The van der Waals surface area contributed by atoms with Crippen LogP contribution in [0, 0.1) is 11.8 Å². The lowest BCUT2D eigenvalue weighted by molar-refractivity contribution is -0.205. The maximum Gasteiger partial charge on any atom is 0.491 e. The number of esters is 1. The van der Waals surface area contributed by atoms with E-state index < -0.39 is 24.1 Å². The van der Waals surface area contributed by atoms with Crippen LogP contribution in [0.25, 0.3) is 16.9 Å². The molecular weight excluding hydrogens is 505 g/mol. The molecule has 36 heavy (non-hydrogen) atoms. The molecule has 0 aliphatic carbocycles. The lowest BCUT2D eigenvalue weighted by atomic mass is 10.3. The third-order valence-electron chi connectivity index (χ3n) is 5.41. The first-order valence-corrected chi connectivity index (χ1v) is 11.0. The van der Waals surface area contributed by atoms with Crippen LogP contribution in [0.4, 0.5) is 19.0 Å². The summed E-state index contributed by atoms with van der Waals surface area (Å²) >= 11 is 6.22. The van der Waals surface area contributed by atoms with Gasteiger partial charge in [0.05, 0.1) is 25.9 Å². The van der Waals surface area contributed by atoms with Crippen molar-refractivity contribution in [3.8, 4) is 23.3 Å². The Morgan fingerprint density at radius 3 is 2.64 bits per heavy atom. The second kappa shape index (κ2) is 10.1. The molecule has 0 amide bonds. The number of anilines is 1. The minimum absolute atomic E-state index is 0.0359. The topological polar surface area (TPSA) is 104 Å². The van der Waals surface area contributed by atoms with Crippen molar-refractivity contribution >= 4 is 34.6 Å². The predicted molar refractivity (Wildman–Crippen MR) is 124 cm³/mol. The molecule has 1 saturated heterocycles. The highest BCUT2D eigenvalue weighted by Crippen LogP contribution is 2.30. The third-order valence-corrected chi connectivity index (χ3v) is 5.58. The molecule has 0 radical (unpaired) electrons. The van der Waals surface area contributed by atoms with E-state index in [2.05, 4.69) is 27.1 Å². The van der Waals surface area contributed by atoms with Gasteiger partial charge in [-0.05, 0) is 42.8 Å². The van der Waals surface area contributed by atoms with E-state index in [4.69, 9.17) is 21.1 Å². The number of imidazole rings is 1. The number of ether oxygens (including phenoxy) is 2. The monoisotopic (exact) mass is 524 g/mol. The number of carbonyl (C=O) groups is 1. The fraction of sp³-hybridized carbons (Fsp3) is 0.364. The van der Waals surface area contributed by atoms with Crippen molar-refractivity contribution in [1.82, 2.24) is 24.4 Å². The average Bonchev–Trinajstić information content (AvgIpc) is 3.12. The Balaban J connectivity index is 1.93. The second-order valence-electron chi connectivity index (χ2n) is 7.57. The molecule has 1 atom stereocenters. The van der Waals surface area contributed by atoms with Crippen molar-refractivity contribution in [3.05, 3.63) is 40.0 Å². The van der Waals surface area contributed by atoms with Crippen LogP contribution in [-0.2, 0) is 16.1 Å². The van der Waals surface area contributed by atoms with Gasteiger partial charge in [-0.2, -0.15) is 23.1 Å². The lowest BCUT2D eigenvalue weighted by Gasteiger charge is -2.36. The molecule has 1 fully saturated rings. The van der Waals surface area contributed by atoms with Crippen molar-refractivity contribution in [2.24, 2.45) is 0 Å². The summed E-state index contributed by atoms with van der Waals surface area (Å²) in [6.45, 7) is 1.90. The number of hydrogen-bond acceptors (Lipinski definition) is 8. The first-order valence-electron chi connectivity index (χ1n) is 10.6. The number of nitrogens with zero attached hydrogens (tertiary/aromatic N) is 5. The minimum Gasteiger partial charge on any atom is -0.497 e. The zero-order valence-corrected chi connectivity index (χ0v) is 19.9. The zero-order valence-electron chi connectivity index (χ0n) is 19.1. The molecule has 1 aliphatic heterocycles. The van der Waals surface area contributed by atoms with E-state index in [1.165, 1.54) is 21.1 Å². The molecule has 0 bridgehead atoms. The number of piperazine rings is 1. The summed E-state index contributed by atoms with van der Waals surface area (Å²) in [6, 6.07) is 6.60. The zero-order chi connectivity index (χ0) is 26.0. The number of methoxy groups -OCH3 is 1. The normalized spacial score (nSPS) is 15.9. The smallest absolute Gasteiger partial charge is 0.491 e. The van der Waals surface area contributed by atoms with Crippen molar-refractivity contribution in [1.29, 1.82) is 0 Å². The molecule has 1 unspecified atom stereocenters. The fourth-order valence-electron chi connectivity index (χ4n) is 3.80. The van der Waals surface area contributed by atoms with Crippen LogP contribution in [0.2, 0.25) is 5.28 Å². The van der Waals surface area contributed by atoms with E-state index in [-0.39, 0.29) is 41.9 Å². The van der Waals surface area contributed by atoms with E-state index in [1.807, 2.05) is 0 Å². The Morgan fingerprint density at radius 1 is 1.28 bits per heavy atom. The number of alkyl halides is 3. The van der Waals surface area contributed by atoms with Crippen LogP contribution in [0.3, 0.4) is 0 Å². The lowest BCUT2D eigenvalue weighted by Crippen LogP contribution is -2.54. The standard InChI is InChI=1S/C22H20ClF3N6O4/c1-3-4-10-31-16-17(30-11-9-27-12-15(30)36-19(33)22(24,25)26)28-20(23)29-18(16)32(21(31)34)13-5-7-14(35-2)8-6-13/h5-8,15,27H,9-12H2,1-2H3. The van der Waals surface area contributed by atoms with E-state index in [0.717, 1.165) is 0 Å². The van der Waals surface area contributed by atoms with E-state index in [0.29, 0.717) is 18.0 Å². The number of halogens is 4. The van der Waals surface area contributed by atoms with Gasteiger partial charge in [-0.3, -0.25) is 4.57 Å². The van der Waals surface area contributed by atoms with E-state index in [9.17, 15) is 22.8 Å². The second-order valence-corrected chi connectivity index (χ2v) is 7.91. The Bertz CT molecular complexity index is 1410. The van der Waals surface area contributed by atoms with Crippen LogP contribution >= 0.6 is 11.6 Å². The summed E-state index contributed by atoms with van der Waals surface area (Å²) < 4.78 is 51.3. The maximum absolute atomic E-state index is 13.5. The Hall–Kier alpha value is -3.76. The molecule has 1 N–H and O–H groups in total. The van der Waals surface area contributed by atoms with Crippen LogP contribution in [-0.4, -0.2) is 64.2 Å². The highest BCUT2D eigenvalue weighted by molar-refractivity contribution is 6.28. The van der Waals surface area contributed by atoms with Crippen molar-refractivity contribution in [2.75, 3.05) is 31.6 Å². The first-order chi connectivity index (χ1) is 17.2. The number of fused-ring (bicyclic) bond motifs is 1. The molecular formula is C22H20ClF3N6O4. The van der Waals surface area contributed by atoms with Gasteiger partial charge in [0.25, 0.3) is 0 Å². The molecule has 3 aromatic rings. The summed E-state index contributed by atoms with van der Waals surface area (Å²) in [5.74, 6) is 3.79. The minimum atomic E-state index is -5.18. The van der Waals surface area contributed by atoms with Crippen LogP contribution in [0.5, 0.6) is 5.75 Å². The van der Waals surface area contributed by atoms with Gasteiger partial charge in [0.1, 0.15) is 11.3 Å². The van der Waals surface area contributed by atoms with Crippen molar-refractivity contribution < 1.29 is 27.4 Å². The van der Waals surface area contributed by atoms with Gasteiger partial charge in [0.15, 0.2) is 17.7 Å². The van der Waals surface area contributed by atoms with Gasteiger partial charge in [-0.25, -0.2) is 14.2 Å². The Labute approximate surface area is 207 Å². The Kier molecular flexibility index (Phi) is 7.09. The highest BCUT2D eigenvalue weighted by Gasteiger charge is 2.44. The van der Waals surface area contributed by atoms with Crippen molar-refractivity contribution in [3.63, 3.8) is 0 Å². The Morgan fingerprint density at radius 2 is 2.00 bits per heavy atom. The first kappa shape index (κ1) is 25.3. The quantitative estimate of drug-likeness (QED) is 0.307. The summed E-state index contributed by atoms with van der Waals surface area (Å²) in [4.78, 5) is 35.0. The van der Waals surface area contributed by atoms with Gasteiger partial charge >= 0.3 is 17.8 Å². The third kappa shape index (κ3) is 4.82. The summed E-state index contributed by atoms with van der Waals surface area (Å²) in [7, 11) is 1.51. The van der Waals surface area contributed by atoms with Gasteiger partial charge in [0.2, 0.25) is 5.28 Å². The largest absolute Gasteiger partial charge is 0.497 e. The molecule has 1 aliphatic rings. The number of hydrogen-bond donors (Lipinski definition) is 1. The molecule has 1 aromatic carbocycles. The maximum atomic E-state index is 13.5. The summed E-state index contributed by atoms with van der Waals surface area (Å²) in [6.07, 6.45) is -6.55. The van der Waals surface area contributed by atoms with Gasteiger partial charge in [-0.15, -0.1) is 5.92 Å². The molecule has 2 aromatic heterocycles. The number of nitrogens with one attached hydrogen (secondary N) is 1. The van der Waals surface area contributed by atoms with Crippen LogP contribution in [0.15, 0.2) is 29.1 Å². The predicted octanol–water partition coefficient (Wildman–Crippen LogP) is 2.11. The average molecular weight is 525 g/mol. The van der Waals surface area contributed by atoms with Crippen molar-refractivity contribution in [2.45, 2.75) is 25.9 Å². The van der Waals surface area contributed by atoms with E-state index >= 15 is 0 Å². The molecule has 10 nitrogen and oxygen atoms in total. The molecule has 3 heterocycles.